The molecule has 1 atom stereocenters. The van der Waals surface area contributed by atoms with Crippen LogP contribution in [-0.4, -0.2) is 50.0 Å². The first-order chi connectivity index (χ1) is 9.89. The van der Waals surface area contributed by atoms with Crippen molar-refractivity contribution in [2.75, 3.05) is 26.2 Å². The molecule has 2 rings (SSSR count). The number of nitrogens with zero attached hydrogens (tertiary/aromatic N) is 1. The number of halogens is 1. The van der Waals surface area contributed by atoms with Crippen LogP contribution in [0.4, 0.5) is 0 Å². The Balaban J connectivity index is 1.98. The molecular weight excluding hydrogens is 380 g/mol. The Morgan fingerprint density at radius 1 is 1.52 bits per heavy atom. The van der Waals surface area contributed by atoms with Crippen LogP contribution in [-0.2, 0) is 14.8 Å². The predicted octanol–water partition coefficient (Wildman–Crippen LogP) is 1.59. The Labute approximate surface area is 136 Å². The van der Waals surface area contributed by atoms with E-state index in [-0.39, 0.29) is 12.5 Å². The monoisotopic (exact) mass is 396 g/mol. The molecule has 9 heteroatoms. The highest BCUT2D eigenvalue weighted by Crippen LogP contribution is 2.30. The van der Waals surface area contributed by atoms with E-state index >= 15 is 0 Å². The van der Waals surface area contributed by atoms with Gasteiger partial charge in [0.25, 0.3) is 10.0 Å². The lowest BCUT2D eigenvalue weighted by atomic mass is 10.00. The summed E-state index contributed by atoms with van der Waals surface area (Å²) in [7, 11) is -3.44. The van der Waals surface area contributed by atoms with E-state index < -0.39 is 16.0 Å². The van der Waals surface area contributed by atoms with Crippen molar-refractivity contribution in [3.8, 4) is 0 Å². The molecule has 1 unspecified atom stereocenters. The van der Waals surface area contributed by atoms with Crippen molar-refractivity contribution >= 4 is 43.3 Å². The van der Waals surface area contributed by atoms with Crippen molar-refractivity contribution in [3.05, 3.63) is 15.9 Å². The molecule has 2 heterocycles. The number of rotatable bonds is 6. The van der Waals surface area contributed by atoms with E-state index in [1.807, 2.05) is 0 Å². The lowest BCUT2D eigenvalue weighted by molar-refractivity contribution is -0.136. The number of hydrogen-bond donors (Lipinski definition) is 2. The molecule has 0 saturated carbocycles. The molecule has 21 heavy (non-hydrogen) atoms. The lowest BCUT2D eigenvalue weighted by Gasteiger charge is -2.31. The highest BCUT2D eigenvalue weighted by atomic mass is 79.9. The molecule has 0 amide bonds. The molecule has 118 valence electrons. The minimum atomic E-state index is -3.44. The van der Waals surface area contributed by atoms with Gasteiger partial charge in [0.05, 0.1) is 10.3 Å². The molecule has 1 aliphatic rings. The maximum absolute atomic E-state index is 12.5. The third-order valence-corrected chi connectivity index (χ3v) is 7.29. The highest BCUT2D eigenvalue weighted by molar-refractivity contribution is 9.11. The SMILES string of the molecule is O=C(O)CNCC1CCCN(S(=O)(=O)c2ccc(Br)s2)C1. The zero-order valence-corrected chi connectivity index (χ0v) is 14.5. The number of thiophene rings is 1. The van der Waals surface area contributed by atoms with Crippen molar-refractivity contribution in [2.24, 2.45) is 5.92 Å². The van der Waals surface area contributed by atoms with E-state index in [4.69, 9.17) is 5.11 Å². The van der Waals surface area contributed by atoms with Gasteiger partial charge in [0.1, 0.15) is 4.21 Å². The summed E-state index contributed by atoms with van der Waals surface area (Å²) in [4.78, 5) is 10.5. The zero-order valence-electron chi connectivity index (χ0n) is 11.3. The van der Waals surface area contributed by atoms with Crippen LogP contribution in [0.15, 0.2) is 20.1 Å². The predicted molar refractivity (Wildman–Crippen MR) is 84.0 cm³/mol. The maximum atomic E-state index is 12.5. The molecule has 0 aliphatic carbocycles. The van der Waals surface area contributed by atoms with Gasteiger partial charge in [0, 0.05) is 13.1 Å². The molecule has 0 aromatic carbocycles. The summed E-state index contributed by atoms with van der Waals surface area (Å²) in [5, 5.41) is 11.4. The number of carbonyl (C=O) groups is 1. The van der Waals surface area contributed by atoms with Crippen LogP contribution in [0, 0.1) is 5.92 Å². The molecule has 1 fully saturated rings. The highest BCUT2D eigenvalue weighted by Gasteiger charge is 2.31. The molecule has 0 bridgehead atoms. The summed E-state index contributed by atoms with van der Waals surface area (Å²) in [5.41, 5.74) is 0. The van der Waals surface area contributed by atoms with E-state index in [1.54, 1.807) is 12.1 Å². The summed E-state index contributed by atoms with van der Waals surface area (Å²) in [6, 6.07) is 3.34. The smallest absolute Gasteiger partial charge is 0.317 e. The number of aliphatic carboxylic acids is 1. The van der Waals surface area contributed by atoms with Crippen molar-refractivity contribution < 1.29 is 18.3 Å². The summed E-state index contributed by atoms with van der Waals surface area (Å²) in [5.74, 6) is -0.755. The van der Waals surface area contributed by atoms with E-state index in [2.05, 4.69) is 21.2 Å². The van der Waals surface area contributed by atoms with Crippen molar-refractivity contribution in [1.29, 1.82) is 0 Å². The first-order valence-electron chi connectivity index (χ1n) is 6.57. The fourth-order valence-electron chi connectivity index (χ4n) is 2.36. The number of nitrogens with one attached hydrogen (secondary N) is 1. The third-order valence-electron chi connectivity index (χ3n) is 3.33. The maximum Gasteiger partial charge on any atom is 0.317 e. The third kappa shape index (κ3) is 4.49. The van der Waals surface area contributed by atoms with Gasteiger partial charge in [-0.15, -0.1) is 11.3 Å². The van der Waals surface area contributed by atoms with Crippen LogP contribution < -0.4 is 5.32 Å². The van der Waals surface area contributed by atoms with Gasteiger partial charge >= 0.3 is 5.97 Å². The topological polar surface area (TPSA) is 86.7 Å². The second-order valence-corrected chi connectivity index (χ2v) is 9.58. The summed E-state index contributed by atoms with van der Waals surface area (Å²) >= 11 is 4.48. The minimum Gasteiger partial charge on any atom is -0.480 e. The average molecular weight is 397 g/mol. The van der Waals surface area contributed by atoms with Gasteiger partial charge < -0.3 is 10.4 Å². The second-order valence-electron chi connectivity index (χ2n) is 4.95. The summed E-state index contributed by atoms with van der Waals surface area (Å²) in [6.07, 6.45) is 1.71. The Kier molecular flexibility index (Phi) is 5.78. The first kappa shape index (κ1) is 16.9. The molecular formula is C12H17BrN2O4S2. The minimum absolute atomic E-state index is 0.0961. The number of hydrogen-bond acceptors (Lipinski definition) is 5. The molecule has 1 aromatic heterocycles. The number of piperidine rings is 1. The molecule has 1 saturated heterocycles. The van der Waals surface area contributed by atoms with Gasteiger partial charge in [-0.2, -0.15) is 4.31 Å². The summed E-state index contributed by atoms with van der Waals surface area (Å²) < 4.78 is 27.7. The van der Waals surface area contributed by atoms with Gasteiger partial charge in [-0.05, 0) is 53.4 Å². The van der Waals surface area contributed by atoms with E-state index in [0.717, 1.165) is 16.6 Å². The van der Waals surface area contributed by atoms with Crippen LogP contribution in [0.25, 0.3) is 0 Å². The Bertz CT molecular complexity index is 602. The van der Waals surface area contributed by atoms with Gasteiger partial charge in [0.2, 0.25) is 0 Å². The largest absolute Gasteiger partial charge is 0.480 e. The fraction of sp³-hybridized carbons (Fsp3) is 0.583. The Morgan fingerprint density at radius 3 is 2.90 bits per heavy atom. The fourth-order valence-corrected chi connectivity index (χ4v) is 6.08. The molecule has 0 radical (unpaired) electrons. The van der Waals surface area contributed by atoms with Crippen LogP contribution >= 0.6 is 27.3 Å². The van der Waals surface area contributed by atoms with Gasteiger partial charge in [-0.1, -0.05) is 0 Å². The standard InChI is InChI=1S/C12H17BrN2O4S2/c13-10-3-4-12(20-10)21(18,19)15-5-1-2-9(8-15)6-14-7-11(16)17/h3-4,9,14H,1-2,5-8H2,(H,16,17). The molecule has 2 N–H and O–H groups in total. The Hall–Kier alpha value is -0.480. The van der Waals surface area contributed by atoms with Crippen LogP contribution in [0.1, 0.15) is 12.8 Å². The Morgan fingerprint density at radius 2 is 2.29 bits per heavy atom. The van der Waals surface area contributed by atoms with E-state index in [1.165, 1.54) is 15.6 Å². The van der Waals surface area contributed by atoms with Crippen molar-refractivity contribution in [1.82, 2.24) is 9.62 Å². The molecule has 0 spiro atoms. The van der Waals surface area contributed by atoms with E-state index in [0.29, 0.717) is 23.8 Å². The van der Waals surface area contributed by atoms with Crippen LogP contribution in [0.5, 0.6) is 0 Å². The van der Waals surface area contributed by atoms with Crippen molar-refractivity contribution in [2.45, 2.75) is 17.1 Å². The molecule has 1 aliphatic heterocycles. The summed E-state index contributed by atoms with van der Waals surface area (Å²) in [6.45, 7) is 1.38. The number of carboxylic acids is 1. The van der Waals surface area contributed by atoms with Crippen LogP contribution in [0.3, 0.4) is 0 Å². The lowest BCUT2D eigenvalue weighted by Crippen LogP contribution is -2.43. The average Bonchev–Trinajstić information content (AvgIpc) is 2.86. The van der Waals surface area contributed by atoms with Gasteiger partial charge in [-0.3, -0.25) is 4.79 Å². The van der Waals surface area contributed by atoms with Crippen LogP contribution in [0.2, 0.25) is 0 Å². The zero-order chi connectivity index (χ0) is 15.5. The van der Waals surface area contributed by atoms with Crippen molar-refractivity contribution in [3.63, 3.8) is 0 Å². The van der Waals surface area contributed by atoms with Gasteiger partial charge in [0.15, 0.2) is 0 Å². The number of sulfonamides is 1. The molecule has 1 aromatic rings. The first-order valence-corrected chi connectivity index (χ1v) is 9.62. The van der Waals surface area contributed by atoms with E-state index in [9.17, 15) is 13.2 Å². The normalized spacial score (nSPS) is 20.5. The quantitative estimate of drug-likeness (QED) is 0.761. The second kappa shape index (κ2) is 7.19. The van der Waals surface area contributed by atoms with Gasteiger partial charge in [-0.25, -0.2) is 8.42 Å². The number of carboxylic acid groups (broad SMARTS) is 1. The molecule has 6 nitrogen and oxygen atoms in total.